The van der Waals surface area contributed by atoms with Gasteiger partial charge in [0.2, 0.25) is 11.2 Å². The molecule has 1 aromatic heterocycles. The fourth-order valence-corrected chi connectivity index (χ4v) is 2.33. The molecule has 0 aliphatic carbocycles. The van der Waals surface area contributed by atoms with Crippen molar-refractivity contribution in [1.82, 2.24) is 4.90 Å². The molecule has 1 unspecified atom stereocenters. The lowest BCUT2D eigenvalue weighted by atomic mass is 9.97. The fourth-order valence-electron chi connectivity index (χ4n) is 2.33. The van der Waals surface area contributed by atoms with E-state index in [0.717, 1.165) is 17.2 Å². The predicted molar refractivity (Wildman–Crippen MR) is 71.8 cm³/mol. The number of likely N-dealkylation sites (tertiary alicyclic amines) is 1. The molecule has 1 saturated heterocycles. The topological polar surface area (TPSA) is 80.0 Å². The molecule has 0 radical (unpaired) electrons. The van der Waals surface area contributed by atoms with Crippen LogP contribution in [0.3, 0.4) is 0 Å². The number of nitrogens with zero attached hydrogens (tertiary/aromatic N) is 1. The van der Waals surface area contributed by atoms with Crippen LogP contribution in [-0.2, 0) is 11.4 Å². The summed E-state index contributed by atoms with van der Waals surface area (Å²) in [6.45, 7) is -1.18. The van der Waals surface area contributed by atoms with Crippen molar-refractivity contribution < 1.29 is 32.2 Å². The van der Waals surface area contributed by atoms with Gasteiger partial charge in [-0.3, -0.25) is 9.59 Å². The lowest BCUT2D eigenvalue weighted by Gasteiger charge is -2.33. The van der Waals surface area contributed by atoms with E-state index in [0.29, 0.717) is 0 Å². The van der Waals surface area contributed by atoms with Gasteiger partial charge >= 0.3 is 6.18 Å². The number of rotatable bonds is 4. The molecule has 1 aromatic rings. The first kappa shape index (κ1) is 17.3. The molecular formula is C14H16F3NO5. The van der Waals surface area contributed by atoms with Crippen molar-refractivity contribution in [3.05, 3.63) is 28.3 Å². The second-order valence-electron chi connectivity index (χ2n) is 5.24. The lowest BCUT2D eigenvalue weighted by Crippen LogP contribution is -2.46. The van der Waals surface area contributed by atoms with Gasteiger partial charge in [-0.2, -0.15) is 13.2 Å². The number of carbonyl (C=O) groups excluding carboxylic acids is 1. The first-order valence-corrected chi connectivity index (χ1v) is 7.01. The lowest BCUT2D eigenvalue weighted by molar-refractivity contribution is -0.188. The number of hydrogen-bond acceptors (Lipinski definition) is 5. The summed E-state index contributed by atoms with van der Waals surface area (Å²) < 4.78 is 48.0. The van der Waals surface area contributed by atoms with E-state index in [9.17, 15) is 22.8 Å². The van der Waals surface area contributed by atoms with E-state index in [1.54, 1.807) is 0 Å². The van der Waals surface area contributed by atoms with Crippen LogP contribution in [0.4, 0.5) is 13.2 Å². The number of ether oxygens (including phenoxy) is 1. The number of carbonyl (C=O) groups is 1. The molecule has 23 heavy (non-hydrogen) atoms. The summed E-state index contributed by atoms with van der Waals surface area (Å²) >= 11 is 0. The van der Waals surface area contributed by atoms with E-state index in [-0.39, 0.29) is 30.9 Å². The minimum atomic E-state index is -4.33. The quantitative estimate of drug-likeness (QED) is 0.897. The van der Waals surface area contributed by atoms with Crippen LogP contribution in [0.2, 0.25) is 0 Å². The molecule has 6 nitrogen and oxygen atoms in total. The van der Waals surface area contributed by atoms with Crippen molar-refractivity contribution in [2.24, 2.45) is 5.92 Å². The van der Waals surface area contributed by atoms with E-state index in [2.05, 4.69) is 0 Å². The highest BCUT2D eigenvalue weighted by molar-refractivity contribution is 5.77. The highest BCUT2D eigenvalue weighted by Crippen LogP contribution is 2.33. The Morgan fingerprint density at radius 2 is 2.22 bits per heavy atom. The standard InChI is InChI=1S/C14H16F3NO5/c15-14(16,17)9-2-1-3-18(5-9)13(21)8-23-12-7-22-10(6-19)4-11(12)20/h4,7,9,19H,1-3,5-6,8H2. The van der Waals surface area contributed by atoms with E-state index < -0.39 is 43.2 Å². The van der Waals surface area contributed by atoms with Gasteiger partial charge in [0, 0.05) is 19.2 Å². The second-order valence-corrected chi connectivity index (χ2v) is 5.24. The van der Waals surface area contributed by atoms with Crippen molar-refractivity contribution in [3.63, 3.8) is 0 Å². The number of alkyl halides is 3. The average molecular weight is 335 g/mol. The maximum Gasteiger partial charge on any atom is 0.393 e. The molecule has 2 heterocycles. The Morgan fingerprint density at radius 3 is 2.83 bits per heavy atom. The second kappa shape index (κ2) is 7.03. The third kappa shape index (κ3) is 4.47. The summed E-state index contributed by atoms with van der Waals surface area (Å²) in [6.07, 6.45) is -3.11. The molecule has 0 saturated carbocycles. The smallest absolute Gasteiger partial charge is 0.393 e. The Bertz CT molecular complexity index is 613. The van der Waals surface area contributed by atoms with Crippen LogP contribution in [0.15, 0.2) is 21.5 Å². The zero-order valence-corrected chi connectivity index (χ0v) is 12.1. The van der Waals surface area contributed by atoms with Gasteiger partial charge in [0.1, 0.15) is 18.6 Å². The molecule has 2 rings (SSSR count). The van der Waals surface area contributed by atoms with E-state index in [1.807, 2.05) is 0 Å². The predicted octanol–water partition coefficient (Wildman–Crippen LogP) is 1.31. The first-order chi connectivity index (χ1) is 10.8. The van der Waals surface area contributed by atoms with Gasteiger partial charge in [0.05, 0.1) is 5.92 Å². The molecule has 1 N–H and O–H groups in total. The molecule has 1 amide bonds. The highest BCUT2D eigenvalue weighted by atomic mass is 19.4. The number of halogens is 3. The molecule has 1 atom stereocenters. The third-order valence-electron chi connectivity index (χ3n) is 3.60. The Hall–Kier alpha value is -2.03. The zero-order valence-electron chi connectivity index (χ0n) is 12.1. The third-order valence-corrected chi connectivity index (χ3v) is 3.60. The number of amides is 1. The van der Waals surface area contributed by atoms with Gasteiger partial charge in [-0.25, -0.2) is 0 Å². The van der Waals surface area contributed by atoms with Gasteiger partial charge in [-0.05, 0) is 12.8 Å². The molecule has 1 fully saturated rings. The van der Waals surface area contributed by atoms with Crippen LogP contribution in [0.5, 0.6) is 5.75 Å². The molecule has 0 bridgehead atoms. The van der Waals surface area contributed by atoms with Crippen LogP contribution in [0, 0.1) is 5.92 Å². The van der Waals surface area contributed by atoms with Crippen LogP contribution < -0.4 is 10.2 Å². The molecule has 1 aliphatic heterocycles. The van der Waals surface area contributed by atoms with Crippen molar-refractivity contribution >= 4 is 5.91 Å². The normalized spacial score (nSPS) is 18.8. The molecule has 0 spiro atoms. The average Bonchev–Trinajstić information content (AvgIpc) is 2.52. The maximum absolute atomic E-state index is 12.7. The molecular weight excluding hydrogens is 319 g/mol. The Labute approximate surface area is 129 Å². The van der Waals surface area contributed by atoms with E-state index >= 15 is 0 Å². The highest BCUT2D eigenvalue weighted by Gasteiger charge is 2.42. The zero-order chi connectivity index (χ0) is 17.0. The molecule has 1 aliphatic rings. The van der Waals surface area contributed by atoms with E-state index in [4.69, 9.17) is 14.3 Å². The number of aliphatic hydroxyl groups is 1. The van der Waals surface area contributed by atoms with Crippen LogP contribution in [0.1, 0.15) is 18.6 Å². The minimum absolute atomic E-state index is 0.000344. The van der Waals surface area contributed by atoms with Crippen molar-refractivity contribution in [3.8, 4) is 5.75 Å². The summed E-state index contributed by atoms with van der Waals surface area (Å²) in [5.41, 5.74) is -0.583. The largest absolute Gasteiger partial charge is 0.477 e. The van der Waals surface area contributed by atoms with Crippen molar-refractivity contribution in [1.29, 1.82) is 0 Å². The maximum atomic E-state index is 12.7. The fraction of sp³-hybridized carbons (Fsp3) is 0.571. The molecule has 9 heteroatoms. The van der Waals surface area contributed by atoms with Crippen molar-refractivity contribution in [2.45, 2.75) is 25.6 Å². The van der Waals surface area contributed by atoms with Crippen molar-refractivity contribution in [2.75, 3.05) is 19.7 Å². The van der Waals surface area contributed by atoms with Gasteiger partial charge in [-0.1, -0.05) is 0 Å². The Morgan fingerprint density at radius 1 is 1.48 bits per heavy atom. The summed E-state index contributed by atoms with van der Waals surface area (Å²) in [7, 11) is 0. The number of aliphatic hydroxyl groups excluding tert-OH is 1. The van der Waals surface area contributed by atoms with E-state index in [1.165, 1.54) is 0 Å². The Balaban J connectivity index is 1.93. The first-order valence-electron chi connectivity index (χ1n) is 7.01. The van der Waals surface area contributed by atoms with Crippen LogP contribution in [-0.4, -0.2) is 41.8 Å². The summed E-state index contributed by atoms with van der Waals surface area (Å²) in [5, 5.41) is 8.81. The number of hydrogen-bond donors (Lipinski definition) is 1. The van der Waals surface area contributed by atoms with Gasteiger partial charge in [-0.15, -0.1) is 0 Å². The van der Waals surface area contributed by atoms with Crippen LogP contribution in [0.25, 0.3) is 0 Å². The minimum Gasteiger partial charge on any atom is -0.477 e. The summed E-state index contributed by atoms with van der Waals surface area (Å²) in [4.78, 5) is 24.6. The van der Waals surface area contributed by atoms with Gasteiger partial charge in [0.25, 0.3) is 5.91 Å². The van der Waals surface area contributed by atoms with Gasteiger partial charge in [0.15, 0.2) is 6.61 Å². The summed E-state index contributed by atoms with van der Waals surface area (Å²) in [5.74, 6) is -2.35. The summed E-state index contributed by atoms with van der Waals surface area (Å²) in [6, 6.07) is 1.01. The number of piperidine rings is 1. The van der Waals surface area contributed by atoms with Crippen LogP contribution >= 0.6 is 0 Å². The SMILES string of the molecule is O=C(COc1coc(CO)cc1=O)N1CCCC(C(F)(F)F)C1. The molecule has 128 valence electrons. The monoisotopic (exact) mass is 335 g/mol. The molecule has 0 aromatic carbocycles. The Kier molecular flexibility index (Phi) is 5.30. The van der Waals surface area contributed by atoms with Gasteiger partial charge < -0.3 is 19.2 Å².